The monoisotopic (exact) mass is 284 g/mol. The summed E-state index contributed by atoms with van der Waals surface area (Å²) in [6, 6.07) is 6.75. The van der Waals surface area contributed by atoms with Gasteiger partial charge >= 0.3 is 0 Å². The predicted octanol–water partition coefficient (Wildman–Crippen LogP) is 0.704. The van der Waals surface area contributed by atoms with Crippen molar-refractivity contribution in [2.24, 2.45) is 0 Å². The smallest absolute Gasteiger partial charge is 0.234 e. The van der Waals surface area contributed by atoms with Crippen LogP contribution >= 0.6 is 0 Å². The Labute approximate surface area is 114 Å². The highest BCUT2D eigenvalue weighted by Crippen LogP contribution is 2.09. The highest BCUT2D eigenvalue weighted by atomic mass is 32.2. The highest BCUT2D eigenvalue weighted by Gasteiger charge is 2.06. The zero-order valence-corrected chi connectivity index (χ0v) is 12.3. The average Bonchev–Trinajstić information content (AvgIpc) is 2.27. The first-order valence-corrected chi connectivity index (χ1v) is 7.97. The molecule has 0 aromatic heterocycles. The van der Waals surface area contributed by atoms with Crippen LogP contribution in [0.25, 0.3) is 0 Å². The maximum absolute atomic E-state index is 11.4. The Bertz CT molecular complexity index is 521. The fourth-order valence-electron chi connectivity index (χ4n) is 1.55. The van der Waals surface area contributed by atoms with Crippen LogP contribution < -0.4 is 10.6 Å². The normalized spacial score (nSPS) is 11.6. The van der Waals surface area contributed by atoms with E-state index < -0.39 is 9.84 Å². The van der Waals surface area contributed by atoms with Crippen molar-refractivity contribution in [1.29, 1.82) is 0 Å². The lowest BCUT2D eigenvalue weighted by Gasteiger charge is -2.09. The van der Waals surface area contributed by atoms with E-state index in [1.807, 2.05) is 13.8 Å². The molecule has 0 radical (unpaired) electrons. The standard InChI is InChI=1S/C13H20N2O3S/c1-10(2)15-13(16)9-14-8-11-4-6-12(7-5-11)19(3,17)18/h4-7,10,14H,8-9H2,1-3H3,(H,15,16). The average molecular weight is 284 g/mol. The minimum Gasteiger partial charge on any atom is -0.353 e. The molecule has 0 saturated carbocycles. The Hall–Kier alpha value is -1.40. The molecule has 1 aromatic carbocycles. The first-order valence-electron chi connectivity index (χ1n) is 6.08. The van der Waals surface area contributed by atoms with Crippen molar-refractivity contribution >= 4 is 15.7 Å². The zero-order chi connectivity index (χ0) is 14.5. The molecule has 0 aliphatic rings. The first kappa shape index (κ1) is 15.7. The van der Waals surface area contributed by atoms with E-state index in [9.17, 15) is 13.2 Å². The second kappa shape index (κ2) is 6.68. The van der Waals surface area contributed by atoms with Crippen LogP contribution in [-0.2, 0) is 21.2 Å². The molecule has 0 aliphatic heterocycles. The Morgan fingerprint density at radius 1 is 1.21 bits per heavy atom. The van der Waals surface area contributed by atoms with Crippen LogP contribution in [0.1, 0.15) is 19.4 Å². The minimum atomic E-state index is -3.15. The second-order valence-corrected chi connectivity index (χ2v) is 6.76. The molecule has 1 aromatic rings. The topological polar surface area (TPSA) is 75.3 Å². The molecule has 0 heterocycles. The number of benzene rings is 1. The molecule has 0 spiro atoms. The fourth-order valence-corrected chi connectivity index (χ4v) is 2.18. The van der Waals surface area contributed by atoms with E-state index in [0.29, 0.717) is 11.4 Å². The van der Waals surface area contributed by atoms with Gasteiger partial charge in [0.1, 0.15) is 0 Å². The maximum atomic E-state index is 11.4. The molecular weight excluding hydrogens is 264 g/mol. The van der Waals surface area contributed by atoms with Gasteiger partial charge in [-0.05, 0) is 31.5 Å². The van der Waals surface area contributed by atoms with Crippen LogP contribution in [0.2, 0.25) is 0 Å². The van der Waals surface area contributed by atoms with Crippen LogP contribution in [0.5, 0.6) is 0 Å². The number of sulfone groups is 1. The van der Waals surface area contributed by atoms with Crippen molar-refractivity contribution in [3.8, 4) is 0 Å². The fraction of sp³-hybridized carbons (Fsp3) is 0.462. The summed E-state index contributed by atoms with van der Waals surface area (Å²) in [5.41, 5.74) is 0.935. The summed E-state index contributed by atoms with van der Waals surface area (Å²) >= 11 is 0. The Morgan fingerprint density at radius 3 is 2.26 bits per heavy atom. The van der Waals surface area contributed by atoms with Crippen LogP contribution in [0.4, 0.5) is 0 Å². The van der Waals surface area contributed by atoms with E-state index in [4.69, 9.17) is 0 Å². The Balaban J connectivity index is 2.45. The zero-order valence-electron chi connectivity index (χ0n) is 11.4. The molecule has 0 saturated heterocycles. The summed E-state index contributed by atoms with van der Waals surface area (Å²) in [6.07, 6.45) is 1.18. The van der Waals surface area contributed by atoms with Gasteiger partial charge in [0, 0.05) is 18.8 Å². The number of nitrogens with one attached hydrogen (secondary N) is 2. The number of amides is 1. The second-order valence-electron chi connectivity index (χ2n) is 4.74. The number of hydrogen-bond acceptors (Lipinski definition) is 4. The summed E-state index contributed by atoms with van der Waals surface area (Å²) in [4.78, 5) is 11.7. The van der Waals surface area contributed by atoms with Crippen molar-refractivity contribution in [2.45, 2.75) is 31.3 Å². The summed E-state index contributed by atoms with van der Waals surface area (Å²) in [5, 5.41) is 5.78. The number of hydrogen-bond donors (Lipinski definition) is 2. The van der Waals surface area contributed by atoms with E-state index in [0.717, 1.165) is 5.56 Å². The van der Waals surface area contributed by atoms with Gasteiger partial charge < -0.3 is 10.6 Å². The summed E-state index contributed by atoms with van der Waals surface area (Å²) in [7, 11) is -3.15. The van der Waals surface area contributed by atoms with E-state index >= 15 is 0 Å². The molecule has 1 rings (SSSR count). The third kappa shape index (κ3) is 5.85. The lowest BCUT2D eigenvalue weighted by Crippen LogP contribution is -2.37. The first-order chi connectivity index (χ1) is 8.79. The molecule has 0 bridgehead atoms. The van der Waals surface area contributed by atoms with Gasteiger partial charge in [0.25, 0.3) is 0 Å². The Morgan fingerprint density at radius 2 is 1.79 bits per heavy atom. The van der Waals surface area contributed by atoms with E-state index in [1.54, 1.807) is 24.3 Å². The summed E-state index contributed by atoms with van der Waals surface area (Å²) in [5.74, 6) is -0.0530. The quantitative estimate of drug-likeness (QED) is 0.806. The lowest BCUT2D eigenvalue weighted by atomic mass is 10.2. The highest BCUT2D eigenvalue weighted by molar-refractivity contribution is 7.90. The largest absolute Gasteiger partial charge is 0.353 e. The van der Waals surface area contributed by atoms with Crippen molar-refractivity contribution in [2.75, 3.05) is 12.8 Å². The van der Waals surface area contributed by atoms with Crippen molar-refractivity contribution < 1.29 is 13.2 Å². The Kier molecular flexibility index (Phi) is 5.50. The number of carbonyl (C=O) groups is 1. The molecule has 0 atom stereocenters. The van der Waals surface area contributed by atoms with E-state index in [1.165, 1.54) is 6.26 Å². The third-order valence-electron chi connectivity index (χ3n) is 2.42. The van der Waals surface area contributed by atoms with Crippen LogP contribution in [0, 0.1) is 0 Å². The van der Waals surface area contributed by atoms with Gasteiger partial charge in [0.05, 0.1) is 11.4 Å². The SMILES string of the molecule is CC(C)NC(=O)CNCc1ccc(S(C)(=O)=O)cc1. The van der Waals surface area contributed by atoms with Crippen molar-refractivity contribution in [3.63, 3.8) is 0 Å². The lowest BCUT2D eigenvalue weighted by molar-refractivity contribution is -0.120. The molecular formula is C13H20N2O3S. The van der Waals surface area contributed by atoms with Gasteiger partial charge in [-0.1, -0.05) is 12.1 Å². The maximum Gasteiger partial charge on any atom is 0.234 e. The molecule has 0 unspecified atom stereocenters. The van der Waals surface area contributed by atoms with E-state index in [-0.39, 0.29) is 18.5 Å². The van der Waals surface area contributed by atoms with Crippen LogP contribution in [0.3, 0.4) is 0 Å². The third-order valence-corrected chi connectivity index (χ3v) is 3.54. The van der Waals surface area contributed by atoms with Gasteiger partial charge in [-0.25, -0.2) is 8.42 Å². The predicted molar refractivity (Wildman–Crippen MR) is 74.5 cm³/mol. The minimum absolute atomic E-state index is 0.0530. The number of rotatable bonds is 6. The van der Waals surface area contributed by atoms with Gasteiger partial charge in [-0.2, -0.15) is 0 Å². The molecule has 2 N–H and O–H groups in total. The molecule has 19 heavy (non-hydrogen) atoms. The molecule has 1 amide bonds. The van der Waals surface area contributed by atoms with E-state index in [2.05, 4.69) is 10.6 Å². The van der Waals surface area contributed by atoms with Gasteiger partial charge in [-0.3, -0.25) is 4.79 Å². The van der Waals surface area contributed by atoms with Crippen LogP contribution in [0.15, 0.2) is 29.2 Å². The van der Waals surface area contributed by atoms with Crippen LogP contribution in [-0.4, -0.2) is 33.2 Å². The molecule has 5 nitrogen and oxygen atoms in total. The molecule has 0 aliphatic carbocycles. The number of carbonyl (C=O) groups excluding carboxylic acids is 1. The van der Waals surface area contributed by atoms with Gasteiger partial charge in [-0.15, -0.1) is 0 Å². The van der Waals surface area contributed by atoms with Crippen molar-refractivity contribution in [3.05, 3.63) is 29.8 Å². The molecule has 6 heteroatoms. The molecule has 0 fully saturated rings. The van der Waals surface area contributed by atoms with Crippen molar-refractivity contribution in [1.82, 2.24) is 10.6 Å². The molecule has 106 valence electrons. The summed E-state index contributed by atoms with van der Waals surface area (Å²) < 4.78 is 22.6. The summed E-state index contributed by atoms with van der Waals surface area (Å²) in [6.45, 7) is 4.57. The van der Waals surface area contributed by atoms with Gasteiger partial charge in [0.15, 0.2) is 9.84 Å². The van der Waals surface area contributed by atoms with Gasteiger partial charge in [0.2, 0.25) is 5.91 Å².